The largest absolute Gasteiger partial charge is 0.478 e. The average Bonchev–Trinajstić information content (AvgIpc) is 2.15. The Morgan fingerprint density at radius 2 is 2.14 bits per heavy atom. The highest BCUT2D eigenvalue weighted by atomic mass is 16.5. The lowest BCUT2D eigenvalue weighted by molar-refractivity contribution is -0.142. The summed E-state index contributed by atoms with van der Waals surface area (Å²) < 4.78 is 4.73. The molecule has 0 aliphatic carbocycles. The number of benzene rings is 1. The molecule has 14 heavy (non-hydrogen) atoms. The lowest BCUT2D eigenvalue weighted by Crippen LogP contribution is -2.01. The van der Waals surface area contributed by atoms with Crippen LogP contribution in [0.15, 0.2) is 24.3 Å². The fraction of sp³-hybridized carbons (Fsp3) is 0.200. The predicted octanol–water partition coefficient (Wildman–Crippen LogP) is 1.45. The van der Waals surface area contributed by atoms with Gasteiger partial charge in [-0.15, -0.1) is 0 Å². The van der Waals surface area contributed by atoms with Gasteiger partial charge >= 0.3 is 11.9 Å². The molecule has 4 nitrogen and oxygen atoms in total. The van der Waals surface area contributed by atoms with Crippen LogP contribution in [-0.2, 0) is 16.1 Å². The standard InChI is InChI=1S/C10H10O4/c1-7(11)14-6-8-3-2-4-9(5-8)10(12)13/h2-5H,6H2,1H3,(H,12,13). The molecule has 0 unspecified atom stereocenters. The Morgan fingerprint density at radius 1 is 1.43 bits per heavy atom. The van der Waals surface area contributed by atoms with E-state index in [-0.39, 0.29) is 18.1 Å². The molecule has 4 heteroatoms. The molecular formula is C10H10O4. The van der Waals surface area contributed by atoms with Gasteiger partial charge in [0, 0.05) is 6.92 Å². The Labute approximate surface area is 81.1 Å². The summed E-state index contributed by atoms with van der Waals surface area (Å²) in [6, 6.07) is 6.28. The molecule has 0 atom stereocenters. The number of ether oxygens (including phenoxy) is 1. The molecule has 1 aromatic carbocycles. The van der Waals surface area contributed by atoms with Gasteiger partial charge in [0.15, 0.2) is 0 Å². The molecule has 0 spiro atoms. The predicted molar refractivity (Wildman–Crippen MR) is 48.9 cm³/mol. The molecule has 1 rings (SSSR count). The van der Waals surface area contributed by atoms with E-state index in [0.717, 1.165) is 0 Å². The summed E-state index contributed by atoms with van der Waals surface area (Å²) in [6.45, 7) is 1.41. The number of esters is 1. The highest BCUT2D eigenvalue weighted by molar-refractivity contribution is 5.87. The van der Waals surface area contributed by atoms with Crippen molar-refractivity contribution in [3.8, 4) is 0 Å². The molecule has 0 saturated heterocycles. The second-order valence-corrected chi connectivity index (χ2v) is 2.79. The minimum atomic E-state index is -0.991. The van der Waals surface area contributed by atoms with Crippen LogP contribution in [0.2, 0.25) is 0 Å². The molecule has 74 valence electrons. The normalized spacial score (nSPS) is 9.50. The molecule has 1 N–H and O–H groups in total. The highest BCUT2D eigenvalue weighted by Gasteiger charge is 2.03. The minimum Gasteiger partial charge on any atom is -0.478 e. The highest BCUT2D eigenvalue weighted by Crippen LogP contribution is 2.06. The topological polar surface area (TPSA) is 63.6 Å². The van der Waals surface area contributed by atoms with E-state index >= 15 is 0 Å². The summed E-state index contributed by atoms with van der Waals surface area (Å²) in [4.78, 5) is 21.1. The van der Waals surface area contributed by atoms with Gasteiger partial charge in [-0.25, -0.2) is 4.79 Å². The van der Waals surface area contributed by atoms with Crippen LogP contribution >= 0.6 is 0 Å². The van der Waals surface area contributed by atoms with Crippen molar-refractivity contribution < 1.29 is 19.4 Å². The van der Waals surface area contributed by atoms with Gasteiger partial charge in [0.05, 0.1) is 5.56 Å². The van der Waals surface area contributed by atoms with E-state index in [1.54, 1.807) is 12.1 Å². The Hall–Kier alpha value is -1.84. The van der Waals surface area contributed by atoms with E-state index in [1.165, 1.54) is 19.1 Å². The van der Waals surface area contributed by atoms with E-state index in [2.05, 4.69) is 0 Å². The van der Waals surface area contributed by atoms with Crippen molar-refractivity contribution >= 4 is 11.9 Å². The number of carboxylic acid groups (broad SMARTS) is 1. The third kappa shape index (κ3) is 2.90. The Morgan fingerprint density at radius 3 is 2.71 bits per heavy atom. The summed E-state index contributed by atoms with van der Waals surface area (Å²) in [7, 11) is 0. The Balaban J connectivity index is 2.73. The summed E-state index contributed by atoms with van der Waals surface area (Å²) in [5.74, 6) is -1.37. The Kier molecular flexibility index (Phi) is 3.23. The van der Waals surface area contributed by atoms with E-state index in [9.17, 15) is 9.59 Å². The summed E-state index contributed by atoms with van der Waals surface area (Å²) in [5.41, 5.74) is 0.856. The number of hydrogen-bond donors (Lipinski definition) is 1. The molecule has 0 radical (unpaired) electrons. The van der Waals surface area contributed by atoms with Crippen molar-refractivity contribution in [1.82, 2.24) is 0 Å². The zero-order chi connectivity index (χ0) is 10.6. The van der Waals surface area contributed by atoms with Crippen LogP contribution in [0.5, 0.6) is 0 Å². The first-order chi connectivity index (χ1) is 6.59. The molecule has 0 fully saturated rings. The monoisotopic (exact) mass is 194 g/mol. The maximum atomic E-state index is 10.6. The van der Waals surface area contributed by atoms with Gasteiger partial charge in [0.1, 0.15) is 6.61 Å². The van der Waals surface area contributed by atoms with Gasteiger partial charge in [-0.05, 0) is 17.7 Å². The van der Waals surface area contributed by atoms with Crippen molar-refractivity contribution in [2.24, 2.45) is 0 Å². The van der Waals surface area contributed by atoms with Crippen LogP contribution in [0.1, 0.15) is 22.8 Å². The maximum Gasteiger partial charge on any atom is 0.335 e. The average molecular weight is 194 g/mol. The molecule has 0 aromatic heterocycles. The molecule has 0 heterocycles. The zero-order valence-corrected chi connectivity index (χ0v) is 7.69. The van der Waals surface area contributed by atoms with E-state index in [1.807, 2.05) is 0 Å². The Bertz CT molecular complexity index is 357. The van der Waals surface area contributed by atoms with Crippen molar-refractivity contribution in [2.45, 2.75) is 13.5 Å². The summed E-state index contributed by atoms with van der Waals surface area (Å²) in [5, 5.41) is 8.68. The first-order valence-electron chi connectivity index (χ1n) is 4.05. The van der Waals surface area contributed by atoms with E-state index < -0.39 is 5.97 Å². The van der Waals surface area contributed by atoms with Crippen molar-refractivity contribution in [3.63, 3.8) is 0 Å². The lowest BCUT2D eigenvalue weighted by atomic mass is 10.1. The van der Waals surface area contributed by atoms with Gasteiger partial charge in [0.25, 0.3) is 0 Å². The number of aromatic carboxylic acids is 1. The van der Waals surface area contributed by atoms with Crippen LogP contribution in [0.3, 0.4) is 0 Å². The maximum absolute atomic E-state index is 10.6. The van der Waals surface area contributed by atoms with E-state index in [4.69, 9.17) is 9.84 Å². The number of carboxylic acids is 1. The molecule has 0 aliphatic heterocycles. The first kappa shape index (κ1) is 10.2. The molecule has 0 bridgehead atoms. The first-order valence-corrected chi connectivity index (χ1v) is 4.05. The fourth-order valence-electron chi connectivity index (χ4n) is 0.979. The molecular weight excluding hydrogens is 184 g/mol. The summed E-state index contributed by atoms with van der Waals surface area (Å²) in [6.07, 6.45) is 0. The summed E-state index contributed by atoms with van der Waals surface area (Å²) >= 11 is 0. The van der Waals surface area contributed by atoms with Gasteiger partial charge in [0.2, 0.25) is 0 Å². The minimum absolute atomic E-state index is 0.108. The van der Waals surface area contributed by atoms with Crippen LogP contribution in [0.4, 0.5) is 0 Å². The fourth-order valence-corrected chi connectivity index (χ4v) is 0.979. The van der Waals surface area contributed by atoms with Crippen LogP contribution in [0, 0.1) is 0 Å². The second kappa shape index (κ2) is 4.41. The second-order valence-electron chi connectivity index (χ2n) is 2.79. The smallest absolute Gasteiger partial charge is 0.335 e. The van der Waals surface area contributed by atoms with Crippen molar-refractivity contribution in [3.05, 3.63) is 35.4 Å². The third-order valence-electron chi connectivity index (χ3n) is 1.62. The van der Waals surface area contributed by atoms with E-state index in [0.29, 0.717) is 5.56 Å². The zero-order valence-electron chi connectivity index (χ0n) is 7.69. The van der Waals surface area contributed by atoms with Crippen LogP contribution in [-0.4, -0.2) is 17.0 Å². The van der Waals surface area contributed by atoms with Crippen LogP contribution < -0.4 is 0 Å². The molecule has 0 saturated carbocycles. The van der Waals surface area contributed by atoms with Gasteiger partial charge < -0.3 is 9.84 Å². The number of carbonyl (C=O) groups excluding carboxylic acids is 1. The van der Waals surface area contributed by atoms with Crippen molar-refractivity contribution in [2.75, 3.05) is 0 Å². The SMILES string of the molecule is CC(=O)OCc1cccc(C(=O)O)c1. The number of hydrogen-bond acceptors (Lipinski definition) is 3. The van der Waals surface area contributed by atoms with Gasteiger partial charge in [-0.3, -0.25) is 4.79 Å². The number of rotatable bonds is 3. The van der Waals surface area contributed by atoms with Crippen molar-refractivity contribution in [1.29, 1.82) is 0 Å². The third-order valence-corrected chi connectivity index (χ3v) is 1.62. The molecule has 0 amide bonds. The lowest BCUT2D eigenvalue weighted by Gasteiger charge is -2.02. The quantitative estimate of drug-likeness (QED) is 0.739. The molecule has 1 aromatic rings. The van der Waals surface area contributed by atoms with Gasteiger partial charge in [-0.1, -0.05) is 12.1 Å². The number of carbonyl (C=O) groups is 2. The molecule has 0 aliphatic rings. The van der Waals surface area contributed by atoms with Gasteiger partial charge in [-0.2, -0.15) is 0 Å². The van der Waals surface area contributed by atoms with Crippen LogP contribution in [0.25, 0.3) is 0 Å².